The number of carboxylic acid groups (broad SMARTS) is 1. The molecule has 0 radical (unpaired) electrons. The van der Waals surface area contributed by atoms with Crippen LogP contribution in [0, 0.1) is 0 Å². The molecular weight excluding hydrogens is 333 g/mol. The van der Waals surface area contributed by atoms with Crippen LogP contribution in [0.15, 0.2) is 18.2 Å². The molecule has 1 amide bonds. The molecule has 0 bridgehead atoms. The van der Waals surface area contributed by atoms with Gasteiger partial charge in [0.25, 0.3) is 0 Å². The van der Waals surface area contributed by atoms with Gasteiger partial charge in [-0.2, -0.15) is 11.8 Å². The fourth-order valence-electron chi connectivity index (χ4n) is 2.28. The molecule has 0 aromatic heterocycles. The predicted molar refractivity (Wildman–Crippen MR) is 85.2 cm³/mol. The lowest BCUT2D eigenvalue weighted by Crippen LogP contribution is -2.47. The Morgan fingerprint density at radius 3 is 2.76 bits per heavy atom. The molecule has 1 aliphatic heterocycles. The summed E-state index contributed by atoms with van der Waals surface area (Å²) < 4.78 is 0. The first-order chi connectivity index (χ1) is 9.97. The maximum Gasteiger partial charge on any atom is 0.305 e. The van der Waals surface area contributed by atoms with E-state index in [2.05, 4.69) is 0 Å². The number of hydrogen-bond acceptors (Lipinski definition) is 3. The summed E-state index contributed by atoms with van der Waals surface area (Å²) in [5.41, 5.74) is 0.779. The van der Waals surface area contributed by atoms with E-state index in [0.29, 0.717) is 22.3 Å². The number of carbonyl (C=O) groups is 2. The van der Waals surface area contributed by atoms with Gasteiger partial charge in [0.1, 0.15) is 0 Å². The van der Waals surface area contributed by atoms with E-state index in [-0.39, 0.29) is 24.8 Å². The Kier molecular flexibility index (Phi) is 5.79. The van der Waals surface area contributed by atoms with E-state index >= 15 is 0 Å². The number of hydrogen-bond donors (Lipinski definition) is 1. The van der Waals surface area contributed by atoms with Gasteiger partial charge in [-0.05, 0) is 17.7 Å². The second-order valence-electron chi connectivity index (χ2n) is 4.84. The van der Waals surface area contributed by atoms with Crippen molar-refractivity contribution in [2.24, 2.45) is 0 Å². The van der Waals surface area contributed by atoms with Crippen molar-refractivity contribution in [3.63, 3.8) is 0 Å². The highest BCUT2D eigenvalue weighted by Crippen LogP contribution is 2.24. The molecule has 0 saturated carbocycles. The fourth-order valence-corrected chi connectivity index (χ4v) is 3.66. The standard InChI is InChI=1S/C14H15Cl2NO3S/c15-11-2-1-9(5-12(11)16)6-13(18)17-3-4-21-8-10(17)7-14(19)20/h1-2,5,10H,3-4,6-8H2,(H,19,20). The summed E-state index contributed by atoms with van der Waals surface area (Å²) in [5.74, 6) is 0.553. The largest absolute Gasteiger partial charge is 0.481 e. The van der Waals surface area contributed by atoms with Crippen LogP contribution >= 0.6 is 35.0 Å². The first kappa shape index (κ1) is 16.5. The predicted octanol–water partition coefficient (Wildman–Crippen LogP) is 2.95. The van der Waals surface area contributed by atoms with Gasteiger partial charge in [0.15, 0.2) is 0 Å². The van der Waals surface area contributed by atoms with Gasteiger partial charge in [-0.3, -0.25) is 9.59 Å². The van der Waals surface area contributed by atoms with Gasteiger partial charge < -0.3 is 10.0 Å². The van der Waals surface area contributed by atoms with Crippen molar-refractivity contribution >= 4 is 46.8 Å². The maximum atomic E-state index is 12.4. The number of carbonyl (C=O) groups excluding carboxylic acids is 1. The van der Waals surface area contributed by atoms with Gasteiger partial charge in [0, 0.05) is 18.1 Å². The van der Waals surface area contributed by atoms with Gasteiger partial charge in [0.05, 0.1) is 28.9 Å². The number of rotatable bonds is 4. The van der Waals surface area contributed by atoms with Crippen LogP contribution in [0.5, 0.6) is 0 Å². The number of nitrogens with zero attached hydrogens (tertiary/aromatic N) is 1. The zero-order valence-corrected chi connectivity index (χ0v) is 13.5. The van der Waals surface area contributed by atoms with Crippen molar-refractivity contribution in [2.75, 3.05) is 18.1 Å². The highest BCUT2D eigenvalue weighted by molar-refractivity contribution is 7.99. The molecule has 1 aromatic carbocycles. The molecule has 1 aliphatic rings. The molecule has 1 fully saturated rings. The van der Waals surface area contributed by atoms with Crippen LogP contribution in [0.3, 0.4) is 0 Å². The summed E-state index contributed by atoms with van der Waals surface area (Å²) in [6, 6.07) is 4.85. The minimum absolute atomic E-state index is 0.0138. The molecule has 114 valence electrons. The first-order valence-electron chi connectivity index (χ1n) is 6.50. The Morgan fingerprint density at radius 2 is 2.10 bits per heavy atom. The number of aliphatic carboxylic acids is 1. The summed E-state index contributed by atoms with van der Waals surface area (Å²) in [5, 5.41) is 9.81. The smallest absolute Gasteiger partial charge is 0.305 e. The lowest BCUT2D eigenvalue weighted by Gasteiger charge is -2.34. The number of amides is 1. The highest BCUT2D eigenvalue weighted by atomic mass is 35.5. The molecule has 7 heteroatoms. The molecule has 1 unspecified atom stereocenters. The highest BCUT2D eigenvalue weighted by Gasteiger charge is 2.28. The van der Waals surface area contributed by atoms with Crippen LogP contribution in [0.25, 0.3) is 0 Å². The van der Waals surface area contributed by atoms with Crippen molar-refractivity contribution in [1.29, 1.82) is 0 Å². The molecule has 1 heterocycles. The SMILES string of the molecule is O=C(O)CC1CSCCN1C(=O)Cc1ccc(Cl)c(Cl)c1. The Bertz CT molecular complexity index is 553. The minimum atomic E-state index is -0.880. The number of carboxylic acids is 1. The molecule has 4 nitrogen and oxygen atoms in total. The molecule has 1 aromatic rings. The average Bonchev–Trinajstić information content (AvgIpc) is 2.43. The topological polar surface area (TPSA) is 57.6 Å². The fraction of sp³-hybridized carbons (Fsp3) is 0.429. The third-order valence-corrected chi connectivity index (χ3v) is 5.13. The molecule has 2 rings (SSSR count). The number of thioether (sulfide) groups is 1. The quantitative estimate of drug-likeness (QED) is 0.909. The summed E-state index contributed by atoms with van der Waals surface area (Å²) in [6.45, 7) is 0.586. The van der Waals surface area contributed by atoms with Crippen LogP contribution < -0.4 is 0 Å². The van der Waals surface area contributed by atoms with Crippen molar-refractivity contribution in [1.82, 2.24) is 4.90 Å². The van der Waals surface area contributed by atoms with E-state index in [1.54, 1.807) is 34.9 Å². The summed E-state index contributed by atoms with van der Waals surface area (Å²) >= 11 is 13.5. The third-order valence-electron chi connectivity index (χ3n) is 3.30. The second-order valence-corrected chi connectivity index (χ2v) is 6.80. The third kappa shape index (κ3) is 4.53. The summed E-state index contributed by atoms with van der Waals surface area (Å²) in [7, 11) is 0. The van der Waals surface area contributed by atoms with Gasteiger partial charge in [-0.25, -0.2) is 0 Å². The van der Waals surface area contributed by atoms with Gasteiger partial charge in [-0.15, -0.1) is 0 Å². The molecule has 1 atom stereocenters. The van der Waals surface area contributed by atoms with E-state index in [9.17, 15) is 9.59 Å². The van der Waals surface area contributed by atoms with Crippen LogP contribution in [0.1, 0.15) is 12.0 Å². The van der Waals surface area contributed by atoms with Gasteiger partial charge in [0.2, 0.25) is 5.91 Å². The first-order valence-corrected chi connectivity index (χ1v) is 8.41. The second kappa shape index (κ2) is 7.38. The van der Waals surface area contributed by atoms with Gasteiger partial charge in [-0.1, -0.05) is 29.3 Å². The van der Waals surface area contributed by atoms with Gasteiger partial charge >= 0.3 is 5.97 Å². The van der Waals surface area contributed by atoms with E-state index in [1.807, 2.05) is 0 Å². The zero-order valence-electron chi connectivity index (χ0n) is 11.2. The van der Waals surface area contributed by atoms with Crippen LogP contribution in [-0.4, -0.2) is 46.0 Å². The van der Waals surface area contributed by atoms with E-state index < -0.39 is 5.97 Å². The number of benzene rings is 1. The average molecular weight is 348 g/mol. The summed E-state index contributed by atoms with van der Waals surface area (Å²) in [4.78, 5) is 25.0. The maximum absolute atomic E-state index is 12.4. The van der Waals surface area contributed by atoms with Crippen LogP contribution in [0.4, 0.5) is 0 Å². The van der Waals surface area contributed by atoms with E-state index in [0.717, 1.165) is 11.3 Å². The Balaban J connectivity index is 2.06. The van der Waals surface area contributed by atoms with Crippen molar-refractivity contribution in [3.8, 4) is 0 Å². The van der Waals surface area contributed by atoms with E-state index in [1.165, 1.54) is 0 Å². The van der Waals surface area contributed by atoms with Crippen LogP contribution in [-0.2, 0) is 16.0 Å². The molecule has 0 spiro atoms. The Hall–Kier alpha value is -0.910. The monoisotopic (exact) mass is 347 g/mol. The minimum Gasteiger partial charge on any atom is -0.481 e. The lowest BCUT2D eigenvalue weighted by atomic mass is 10.1. The van der Waals surface area contributed by atoms with Crippen LogP contribution in [0.2, 0.25) is 10.0 Å². The lowest BCUT2D eigenvalue weighted by molar-refractivity contribution is -0.140. The van der Waals surface area contributed by atoms with Crippen molar-refractivity contribution < 1.29 is 14.7 Å². The Labute approximate surface area is 137 Å². The normalized spacial score (nSPS) is 18.6. The Morgan fingerprint density at radius 1 is 1.33 bits per heavy atom. The molecule has 1 saturated heterocycles. The van der Waals surface area contributed by atoms with E-state index in [4.69, 9.17) is 28.3 Å². The van der Waals surface area contributed by atoms with Crippen molar-refractivity contribution in [3.05, 3.63) is 33.8 Å². The molecular formula is C14H15Cl2NO3S. The molecule has 0 aliphatic carbocycles. The number of halogens is 2. The summed E-state index contributed by atoms with van der Waals surface area (Å²) in [6.07, 6.45) is 0.192. The van der Waals surface area contributed by atoms with Crippen molar-refractivity contribution in [2.45, 2.75) is 18.9 Å². The molecule has 21 heavy (non-hydrogen) atoms. The zero-order chi connectivity index (χ0) is 15.4. The molecule has 1 N–H and O–H groups in total.